The van der Waals surface area contributed by atoms with Gasteiger partial charge in [0.2, 0.25) is 17.7 Å². The minimum atomic E-state index is -0.811. The topological polar surface area (TPSA) is 87.3 Å². The number of nitrogens with one attached hydrogen (secondary N) is 3. The third-order valence-electron chi connectivity index (χ3n) is 8.27. The van der Waals surface area contributed by atoms with E-state index in [0.29, 0.717) is 37.1 Å². The SMILES string of the molecule is CCCCNC(=O)C1(NC(=O)CNC(=O)C23CC4CC(CC(C4)C2)C3)CCCCC1. The van der Waals surface area contributed by atoms with Crippen LogP contribution >= 0.6 is 0 Å². The van der Waals surface area contributed by atoms with E-state index >= 15 is 0 Å². The predicted molar refractivity (Wildman–Crippen MR) is 115 cm³/mol. The van der Waals surface area contributed by atoms with Crippen molar-refractivity contribution in [2.24, 2.45) is 23.2 Å². The second kappa shape index (κ2) is 8.88. The molecule has 4 bridgehead atoms. The Balaban J connectivity index is 1.32. The Morgan fingerprint density at radius 1 is 0.833 bits per heavy atom. The molecule has 0 aromatic carbocycles. The summed E-state index contributed by atoms with van der Waals surface area (Å²) in [4.78, 5) is 38.8. The summed E-state index contributed by atoms with van der Waals surface area (Å²) in [5.41, 5.74) is -1.05. The zero-order valence-corrected chi connectivity index (χ0v) is 18.6. The van der Waals surface area contributed by atoms with E-state index in [4.69, 9.17) is 0 Å². The summed E-state index contributed by atoms with van der Waals surface area (Å²) < 4.78 is 0. The zero-order chi connectivity index (χ0) is 21.2. The van der Waals surface area contributed by atoms with E-state index < -0.39 is 5.54 Å². The molecule has 5 aliphatic rings. The fourth-order valence-corrected chi connectivity index (χ4v) is 7.16. The van der Waals surface area contributed by atoms with Gasteiger partial charge in [0.15, 0.2) is 0 Å². The largest absolute Gasteiger partial charge is 0.354 e. The summed E-state index contributed by atoms with van der Waals surface area (Å²) in [7, 11) is 0. The van der Waals surface area contributed by atoms with Crippen molar-refractivity contribution in [3.05, 3.63) is 0 Å². The van der Waals surface area contributed by atoms with Crippen LogP contribution in [-0.4, -0.2) is 36.3 Å². The van der Waals surface area contributed by atoms with Crippen LogP contribution in [0.15, 0.2) is 0 Å². The summed E-state index contributed by atoms with van der Waals surface area (Å²) in [6, 6.07) is 0. The lowest BCUT2D eigenvalue weighted by molar-refractivity contribution is -0.147. The molecular weight excluding hydrogens is 378 g/mol. The van der Waals surface area contributed by atoms with Crippen molar-refractivity contribution in [1.29, 1.82) is 0 Å². The molecule has 30 heavy (non-hydrogen) atoms. The number of amides is 3. The van der Waals surface area contributed by atoms with Gasteiger partial charge in [-0.05, 0) is 75.5 Å². The number of hydrogen-bond acceptors (Lipinski definition) is 3. The molecule has 0 saturated heterocycles. The maximum atomic E-state index is 13.1. The van der Waals surface area contributed by atoms with Gasteiger partial charge < -0.3 is 16.0 Å². The molecular formula is C24H39N3O3. The van der Waals surface area contributed by atoms with E-state index in [9.17, 15) is 14.4 Å². The van der Waals surface area contributed by atoms with Crippen molar-refractivity contribution in [3.8, 4) is 0 Å². The Kier molecular flexibility index (Phi) is 6.40. The Hall–Kier alpha value is -1.59. The first-order valence-corrected chi connectivity index (χ1v) is 12.3. The number of rotatable bonds is 8. The maximum Gasteiger partial charge on any atom is 0.245 e. The molecule has 6 heteroatoms. The summed E-state index contributed by atoms with van der Waals surface area (Å²) >= 11 is 0. The van der Waals surface area contributed by atoms with Crippen molar-refractivity contribution in [1.82, 2.24) is 16.0 Å². The highest BCUT2D eigenvalue weighted by molar-refractivity contribution is 5.94. The summed E-state index contributed by atoms with van der Waals surface area (Å²) in [6.07, 6.45) is 13.2. The van der Waals surface area contributed by atoms with Crippen molar-refractivity contribution in [3.63, 3.8) is 0 Å². The van der Waals surface area contributed by atoms with E-state index in [1.54, 1.807) is 0 Å². The number of carbonyl (C=O) groups excluding carboxylic acids is 3. The molecule has 5 saturated carbocycles. The van der Waals surface area contributed by atoms with Crippen molar-refractivity contribution < 1.29 is 14.4 Å². The number of unbranched alkanes of at least 4 members (excludes halogenated alkanes) is 1. The van der Waals surface area contributed by atoms with Crippen LogP contribution in [0.3, 0.4) is 0 Å². The molecule has 0 heterocycles. The van der Waals surface area contributed by atoms with Gasteiger partial charge in [0.05, 0.1) is 6.54 Å². The summed E-state index contributed by atoms with van der Waals surface area (Å²) in [6.45, 7) is 2.72. The Morgan fingerprint density at radius 3 is 2.00 bits per heavy atom. The van der Waals surface area contributed by atoms with Crippen LogP contribution < -0.4 is 16.0 Å². The van der Waals surface area contributed by atoms with Crippen LogP contribution in [0.1, 0.15) is 90.4 Å². The van der Waals surface area contributed by atoms with Gasteiger partial charge in [-0.2, -0.15) is 0 Å². The molecule has 0 aliphatic heterocycles. The first-order chi connectivity index (χ1) is 14.4. The molecule has 0 aromatic rings. The van der Waals surface area contributed by atoms with E-state index in [1.165, 1.54) is 19.3 Å². The molecule has 0 aromatic heterocycles. The van der Waals surface area contributed by atoms with Gasteiger partial charge in [-0.1, -0.05) is 32.6 Å². The maximum absolute atomic E-state index is 13.1. The molecule has 5 rings (SSSR count). The standard InChI is InChI=1S/C24H39N3O3/c1-2-3-9-25-22(30)24(7-5-4-6-8-24)27-20(28)16-26-21(29)23-13-17-10-18(14-23)12-19(11-17)15-23/h17-19H,2-16H2,1H3,(H,25,30)(H,26,29)(H,27,28). The van der Waals surface area contributed by atoms with Gasteiger partial charge in [0.25, 0.3) is 0 Å². The highest BCUT2D eigenvalue weighted by Gasteiger charge is 2.54. The van der Waals surface area contributed by atoms with Crippen LogP contribution in [0.4, 0.5) is 0 Å². The lowest BCUT2D eigenvalue weighted by Gasteiger charge is -2.55. The van der Waals surface area contributed by atoms with Crippen molar-refractivity contribution in [2.45, 2.75) is 95.9 Å². The monoisotopic (exact) mass is 417 g/mol. The van der Waals surface area contributed by atoms with Crippen LogP contribution in [0.5, 0.6) is 0 Å². The molecule has 0 unspecified atom stereocenters. The molecule has 5 fully saturated rings. The van der Waals surface area contributed by atoms with E-state index in [0.717, 1.165) is 51.4 Å². The highest BCUT2D eigenvalue weighted by Crippen LogP contribution is 2.60. The number of hydrogen-bond donors (Lipinski definition) is 3. The fraction of sp³-hybridized carbons (Fsp3) is 0.875. The van der Waals surface area contributed by atoms with Crippen LogP contribution in [-0.2, 0) is 14.4 Å². The predicted octanol–water partition coefficient (Wildman–Crippen LogP) is 3.05. The van der Waals surface area contributed by atoms with Gasteiger partial charge in [0, 0.05) is 12.0 Å². The second-order valence-electron chi connectivity index (χ2n) is 10.7. The normalized spacial score (nSPS) is 33.7. The number of carbonyl (C=O) groups is 3. The van der Waals surface area contributed by atoms with Crippen molar-refractivity contribution in [2.75, 3.05) is 13.1 Å². The Labute approximate surface area is 180 Å². The molecule has 168 valence electrons. The van der Waals surface area contributed by atoms with Crippen molar-refractivity contribution >= 4 is 17.7 Å². The molecule has 6 nitrogen and oxygen atoms in total. The van der Waals surface area contributed by atoms with Crippen LogP contribution in [0, 0.1) is 23.2 Å². The summed E-state index contributed by atoms with van der Waals surface area (Å²) in [5.74, 6) is 1.88. The molecule has 3 amide bonds. The first kappa shape index (κ1) is 21.6. The van der Waals surface area contributed by atoms with E-state index in [2.05, 4.69) is 22.9 Å². The van der Waals surface area contributed by atoms with Gasteiger partial charge >= 0.3 is 0 Å². The van der Waals surface area contributed by atoms with E-state index in [-0.39, 0.29) is 29.7 Å². The van der Waals surface area contributed by atoms with Crippen LogP contribution in [0.25, 0.3) is 0 Å². The fourth-order valence-electron chi connectivity index (χ4n) is 7.16. The molecule has 3 N–H and O–H groups in total. The Morgan fingerprint density at radius 2 is 1.43 bits per heavy atom. The molecule has 0 atom stereocenters. The summed E-state index contributed by atoms with van der Waals surface area (Å²) in [5, 5.41) is 8.99. The lowest BCUT2D eigenvalue weighted by Crippen LogP contribution is -2.61. The van der Waals surface area contributed by atoms with Gasteiger partial charge in [-0.15, -0.1) is 0 Å². The highest BCUT2D eigenvalue weighted by atomic mass is 16.2. The quantitative estimate of drug-likeness (QED) is 0.531. The molecule has 0 radical (unpaired) electrons. The van der Waals surface area contributed by atoms with Gasteiger partial charge in [-0.25, -0.2) is 0 Å². The van der Waals surface area contributed by atoms with Crippen LogP contribution in [0.2, 0.25) is 0 Å². The minimum Gasteiger partial charge on any atom is -0.354 e. The molecule has 5 aliphatic carbocycles. The van der Waals surface area contributed by atoms with Gasteiger partial charge in [0.1, 0.15) is 5.54 Å². The zero-order valence-electron chi connectivity index (χ0n) is 18.6. The third-order valence-corrected chi connectivity index (χ3v) is 8.27. The third kappa shape index (κ3) is 4.38. The van der Waals surface area contributed by atoms with E-state index in [1.807, 2.05) is 0 Å². The second-order valence-corrected chi connectivity index (χ2v) is 10.7. The van der Waals surface area contributed by atoms with Gasteiger partial charge in [-0.3, -0.25) is 14.4 Å². The smallest absolute Gasteiger partial charge is 0.245 e. The minimum absolute atomic E-state index is 0.0232. The Bertz CT molecular complexity index is 633. The molecule has 0 spiro atoms. The average molecular weight is 418 g/mol. The average Bonchev–Trinajstić information content (AvgIpc) is 2.71. The first-order valence-electron chi connectivity index (χ1n) is 12.3. The lowest BCUT2D eigenvalue weighted by atomic mass is 9.49.